The zero-order valence-corrected chi connectivity index (χ0v) is 9.63. The minimum Gasteiger partial charge on any atom is -0.315 e. The van der Waals surface area contributed by atoms with Gasteiger partial charge >= 0.3 is 0 Å². The molecule has 2 rings (SSSR count). The first-order chi connectivity index (χ1) is 6.77. The lowest BCUT2D eigenvalue weighted by atomic mass is 10.1. The van der Waals surface area contributed by atoms with Gasteiger partial charge in [-0.25, -0.2) is 0 Å². The molecule has 0 aromatic rings. The van der Waals surface area contributed by atoms with Crippen molar-refractivity contribution >= 4 is 0 Å². The van der Waals surface area contributed by atoms with Gasteiger partial charge in [0.2, 0.25) is 0 Å². The highest BCUT2D eigenvalue weighted by Crippen LogP contribution is 2.30. The van der Waals surface area contributed by atoms with Gasteiger partial charge < -0.3 is 5.32 Å². The zero-order valence-electron chi connectivity index (χ0n) is 9.63. The van der Waals surface area contributed by atoms with E-state index in [1.165, 1.54) is 45.3 Å². The van der Waals surface area contributed by atoms with Crippen molar-refractivity contribution in [2.24, 2.45) is 5.92 Å². The van der Waals surface area contributed by atoms with Crippen molar-refractivity contribution in [3.05, 3.63) is 0 Å². The minimum absolute atomic E-state index is 0.848. The third kappa shape index (κ3) is 2.71. The van der Waals surface area contributed by atoms with Gasteiger partial charge in [-0.15, -0.1) is 0 Å². The lowest BCUT2D eigenvalue weighted by molar-refractivity contribution is 0.187. The van der Waals surface area contributed by atoms with Gasteiger partial charge in [-0.3, -0.25) is 4.90 Å². The summed E-state index contributed by atoms with van der Waals surface area (Å²) < 4.78 is 0. The molecule has 82 valence electrons. The van der Waals surface area contributed by atoms with Gasteiger partial charge in [0.15, 0.2) is 0 Å². The second kappa shape index (κ2) is 4.63. The van der Waals surface area contributed by atoms with Crippen LogP contribution in [0.15, 0.2) is 0 Å². The molecule has 0 radical (unpaired) electrons. The van der Waals surface area contributed by atoms with E-state index in [2.05, 4.69) is 24.1 Å². The van der Waals surface area contributed by atoms with Crippen LogP contribution in [0.3, 0.4) is 0 Å². The molecule has 0 amide bonds. The minimum atomic E-state index is 0.848. The Bertz CT molecular complexity index is 169. The van der Waals surface area contributed by atoms with Crippen LogP contribution in [0.4, 0.5) is 0 Å². The van der Waals surface area contributed by atoms with Crippen LogP contribution in [-0.2, 0) is 0 Å². The molecule has 1 aliphatic carbocycles. The highest BCUT2D eigenvalue weighted by Gasteiger charge is 2.34. The van der Waals surface area contributed by atoms with Gasteiger partial charge in [0.25, 0.3) is 0 Å². The summed E-state index contributed by atoms with van der Waals surface area (Å²) in [7, 11) is 0. The Kier molecular flexibility index (Phi) is 3.45. The van der Waals surface area contributed by atoms with E-state index in [0.717, 1.165) is 18.0 Å². The Morgan fingerprint density at radius 1 is 1.21 bits per heavy atom. The van der Waals surface area contributed by atoms with Gasteiger partial charge in [-0.05, 0) is 44.7 Å². The fourth-order valence-corrected chi connectivity index (χ4v) is 2.40. The summed E-state index contributed by atoms with van der Waals surface area (Å²) in [6.07, 6.45) is 5.64. The molecule has 2 aliphatic rings. The van der Waals surface area contributed by atoms with Crippen LogP contribution in [0.5, 0.6) is 0 Å². The van der Waals surface area contributed by atoms with Crippen LogP contribution in [0.2, 0.25) is 0 Å². The molecular formula is C12H24N2. The summed E-state index contributed by atoms with van der Waals surface area (Å²) in [6, 6.07) is 1.79. The van der Waals surface area contributed by atoms with Gasteiger partial charge in [0.1, 0.15) is 0 Å². The average Bonchev–Trinajstić information content (AvgIpc) is 2.81. The Morgan fingerprint density at radius 3 is 2.50 bits per heavy atom. The quantitative estimate of drug-likeness (QED) is 0.722. The summed E-state index contributed by atoms with van der Waals surface area (Å²) in [5, 5.41) is 3.48. The van der Waals surface area contributed by atoms with E-state index >= 15 is 0 Å². The predicted molar refractivity (Wildman–Crippen MR) is 60.5 cm³/mol. The number of nitrogens with zero attached hydrogens (tertiary/aromatic N) is 1. The number of hydrogen-bond acceptors (Lipinski definition) is 2. The van der Waals surface area contributed by atoms with Crippen LogP contribution < -0.4 is 5.32 Å². The van der Waals surface area contributed by atoms with Crippen LogP contribution >= 0.6 is 0 Å². The van der Waals surface area contributed by atoms with Crippen LogP contribution in [0.1, 0.15) is 39.5 Å². The molecule has 1 unspecified atom stereocenters. The van der Waals surface area contributed by atoms with Gasteiger partial charge in [-0.2, -0.15) is 0 Å². The van der Waals surface area contributed by atoms with E-state index in [-0.39, 0.29) is 0 Å². The molecule has 1 heterocycles. The summed E-state index contributed by atoms with van der Waals surface area (Å²) in [4.78, 5) is 2.78. The smallest absolute Gasteiger partial charge is 0.0235 e. The van der Waals surface area contributed by atoms with E-state index < -0.39 is 0 Å². The Morgan fingerprint density at radius 2 is 2.00 bits per heavy atom. The molecule has 1 saturated heterocycles. The summed E-state index contributed by atoms with van der Waals surface area (Å²) in [5.74, 6) is 0.852. The molecule has 0 aromatic carbocycles. The molecule has 1 saturated carbocycles. The van der Waals surface area contributed by atoms with E-state index in [1.807, 2.05) is 0 Å². The summed E-state index contributed by atoms with van der Waals surface area (Å²) in [5.41, 5.74) is 0. The lowest BCUT2D eigenvalue weighted by Gasteiger charge is -2.28. The summed E-state index contributed by atoms with van der Waals surface area (Å²) in [6.45, 7) is 8.45. The molecular weight excluding hydrogens is 172 g/mol. The van der Waals surface area contributed by atoms with Crippen molar-refractivity contribution in [1.29, 1.82) is 0 Å². The normalized spacial score (nSPS) is 27.9. The first-order valence-corrected chi connectivity index (χ1v) is 6.24. The van der Waals surface area contributed by atoms with E-state index in [9.17, 15) is 0 Å². The first-order valence-electron chi connectivity index (χ1n) is 6.24. The second-order valence-electron chi connectivity index (χ2n) is 5.30. The third-order valence-electron chi connectivity index (χ3n) is 3.48. The Balaban J connectivity index is 1.80. The highest BCUT2D eigenvalue weighted by molar-refractivity contribution is 4.91. The average molecular weight is 196 g/mol. The molecule has 1 atom stereocenters. The van der Waals surface area contributed by atoms with Crippen LogP contribution in [0, 0.1) is 5.92 Å². The van der Waals surface area contributed by atoms with Crippen molar-refractivity contribution in [3.63, 3.8) is 0 Å². The van der Waals surface area contributed by atoms with Crippen LogP contribution in [0.25, 0.3) is 0 Å². The fraction of sp³-hybridized carbons (Fsp3) is 1.00. The van der Waals surface area contributed by atoms with E-state index in [4.69, 9.17) is 0 Å². The SMILES string of the molecule is CC(C)CCN(C1CC1)C1CCNC1. The topological polar surface area (TPSA) is 15.3 Å². The molecule has 1 N–H and O–H groups in total. The zero-order chi connectivity index (χ0) is 9.97. The van der Waals surface area contributed by atoms with Crippen molar-refractivity contribution in [3.8, 4) is 0 Å². The molecule has 0 spiro atoms. The van der Waals surface area contributed by atoms with E-state index in [0.29, 0.717) is 0 Å². The predicted octanol–water partition coefficient (Wildman–Crippen LogP) is 1.86. The lowest BCUT2D eigenvalue weighted by Crippen LogP contribution is -2.39. The fourth-order valence-electron chi connectivity index (χ4n) is 2.40. The number of nitrogens with one attached hydrogen (secondary N) is 1. The first kappa shape index (κ1) is 10.4. The third-order valence-corrected chi connectivity index (χ3v) is 3.48. The molecule has 1 aliphatic heterocycles. The van der Waals surface area contributed by atoms with Gasteiger partial charge in [0.05, 0.1) is 0 Å². The van der Waals surface area contributed by atoms with Crippen molar-refractivity contribution in [2.75, 3.05) is 19.6 Å². The maximum atomic E-state index is 3.48. The number of hydrogen-bond donors (Lipinski definition) is 1. The molecule has 0 aromatic heterocycles. The van der Waals surface area contributed by atoms with Gasteiger partial charge in [0, 0.05) is 18.6 Å². The molecule has 2 fully saturated rings. The maximum absolute atomic E-state index is 3.48. The highest BCUT2D eigenvalue weighted by atomic mass is 15.2. The summed E-state index contributed by atoms with van der Waals surface area (Å²) >= 11 is 0. The molecule has 0 bridgehead atoms. The van der Waals surface area contributed by atoms with Crippen molar-refractivity contribution < 1.29 is 0 Å². The standard InChI is InChI=1S/C12H24N2/c1-10(2)6-8-14(11-3-4-11)12-5-7-13-9-12/h10-13H,3-9H2,1-2H3. The van der Waals surface area contributed by atoms with Crippen molar-refractivity contribution in [1.82, 2.24) is 10.2 Å². The molecule has 2 nitrogen and oxygen atoms in total. The van der Waals surface area contributed by atoms with Gasteiger partial charge in [-0.1, -0.05) is 13.8 Å². The largest absolute Gasteiger partial charge is 0.315 e. The van der Waals surface area contributed by atoms with Crippen molar-refractivity contribution in [2.45, 2.75) is 51.6 Å². The monoisotopic (exact) mass is 196 g/mol. The second-order valence-corrected chi connectivity index (χ2v) is 5.30. The van der Waals surface area contributed by atoms with E-state index in [1.54, 1.807) is 0 Å². The van der Waals surface area contributed by atoms with Crippen LogP contribution in [-0.4, -0.2) is 36.6 Å². The number of rotatable bonds is 5. The Labute approximate surface area is 88.1 Å². The molecule has 14 heavy (non-hydrogen) atoms. The Hall–Kier alpha value is -0.0800. The maximum Gasteiger partial charge on any atom is 0.0235 e. The molecule has 2 heteroatoms.